The molecule has 2 unspecified atom stereocenters. The van der Waals surface area contributed by atoms with Crippen LogP contribution in [0.2, 0.25) is 0 Å². The number of carbonyl (C=O) groups is 1. The molecule has 3 rings (SSSR count). The number of hydrogen-bond acceptors (Lipinski definition) is 4. The number of likely N-dealkylation sites (N-methyl/N-ethyl adjacent to an activating group) is 1. The van der Waals surface area contributed by atoms with E-state index in [2.05, 4.69) is 31.5 Å². The summed E-state index contributed by atoms with van der Waals surface area (Å²) in [4.78, 5) is 14.3. The summed E-state index contributed by atoms with van der Waals surface area (Å²) in [6, 6.07) is 3.93. The average molecular weight is 354 g/mol. The molecule has 1 aromatic rings. The molecule has 5 nitrogen and oxygen atoms in total. The van der Waals surface area contributed by atoms with Gasteiger partial charge in [0, 0.05) is 22.3 Å². The molecule has 2 heterocycles. The fourth-order valence-corrected chi connectivity index (χ4v) is 3.83. The first-order valence-corrected chi connectivity index (χ1v) is 8.20. The molecular formula is C15H20BrN3O2. The third-order valence-corrected chi connectivity index (χ3v) is 4.89. The Hall–Kier alpha value is -1.11. The van der Waals surface area contributed by atoms with Crippen molar-refractivity contribution >= 4 is 33.2 Å². The minimum atomic E-state index is -0.275. The maximum Gasteiger partial charge on any atom is 0.246 e. The smallest absolute Gasteiger partial charge is 0.246 e. The maximum absolute atomic E-state index is 12.0. The van der Waals surface area contributed by atoms with Crippen molar-refractivity contribution in [3.05, 3.63) is 22.2 Å². The molecule has 0 aromatic heterocycles. The van der Waals surface area contributed by atoms with Crippen molar-refractivity contribution in [2.45, 2.75) is 31.8 Å². The zero-order valence-electron chi connectivity index (χ0n) is 12.0. The molecule has 0 spiro atoms. The molecule has 2 aliphatic rings. The fourth-order valence-electron chi connectivity index (χ4n) is 3.24. The molecule has 6 heteroatoms. The lowest BCUT2D eigenvalue weighted by molar-refractivity contribution is -0.117. The quantitative estimate of drug-likeness (QED) is 0.774. The highest BCUT2D eigenvalue weighted by atomic mass is 79.9. The summed E-state index contributed by atoms with van der Waals surface area (Å²) >= 11 is 3.62. The topological polar surface area (TPSA) is 64.6 Å². The molecule has 2 atom stereocenters. The van der Waals surface area contributed by atoms with Crippen LogP contribution in [0.15, 0.2) is 16.6 Å². The number of carbonyl (C=O) groups excluding carboxylic acids is 1. The molecule has 1 fully saturated rings. The Bertz CT molecular complexity index is 564. The lowest BCUT2D eigenvalue weighted by Gasteiger charge is -2.27. The van der Waals surface area contributed by atoms with Gasteiger partial charge in [-0.2, -0.15) is 0 Å². The van der Waals surface area contributed by atoms with Crippen molar-refractivity contribution in [2.75, 3.05) is 29.9 Å². The minimum Gasteiger partial charge on any atom is -0.394 e. The number of hydrogen-bond donors (Lipinski definition) is 3. The van der Waals surface area contributed by atoms with Crippen molar-refractivity contribution in [1.29, 1.82) is 0 Å². The lowest BCUT2D eigenvalue weighted by Crippen LogP contribution is -2.32. The van der Waals surface area contributed by atoms with E-state index in [1.807, 2.05) is 19.1 Å². The fraction of sp³-hybridized carbons (Fsp3) is 0.533. The summed E-state index contributed by atoms with van der Waals surface area (Å²) in [5.74, 6) is -0.00368. The number of aliphatic hydroxyl groups excluding tert-OH is 1. The van der Waals surface area contributed by atoms with Crippen LogP contribution in [0.1, 0.15) is 31.4 Å². The molecule has 1 saturated heterocycles. The molecule has 0 bridgehead atoms. The van der Waals surface area contributed by atoms with Crippen molar-refractivity contribution in [2.24, 2.45) is 0 Å². The number of aliphatic hydroxyl groups is 1. The van der Waals surface area contributed by atoms with Gasteiger partial charge in [-0.25, -0.2) is 0 Å². The maximum atomic E-state index is 12.0. The molecule has 114 valence electrons. The molecule has 0 aliphatic carbocycles. The second-order valence-corrected chi connectivity index (χ2v) is 6.40. The van der Waals surface area contributed by atoms with Crippen LogP contribution < -0.4 is 15.5 Å². The van der Waals surface area contributed by atoms with E-state index in [0.717, 1.165) is 47.3 Å². The van der Waals surface area contributed by atoms with Crippen LogP contribution in [0.5, 0.6) is 0 Å². The van der Waals surface area contributed by atoms with E-state index in [4.69, 9.17) is 0 Å². The Balaban J connectivity index is 1.96. The van der Waals surface area contributed by atoms with Crippen molar-refractivity contribution < 1.29 is 9.90 Å². The van der Waals surface area contributed by atoms with Gasteiger partial charge in [-0.3, -0.25) is 4.79 Å². The van der Waals surface area contributed by atoms with E-state index in [1.54, 1.807) is 0 Å². The zero-order valence-corrected chi connectivity index (χ0v) is 13.6. The summed E-state index contributed by atoms with van der Waals surface area (Å²) in [7, 11) is 0. The van der Waals surface area contributed by atoms with Gasteiger partial charge in [-0.15, -0.1) is 0 Å². The predicted octanol–water partition coefficient (Wildman–Crippen LogP) is 2.01. The Kier molecular flexibility index (Phi) is 4.19. The summed E-state index contributed by atoms with van der Waals surface area (Å²) < 4.78 is 0.973. The van der Waals surface area contributed by atoms with E-state index in [-0.39, 0.29) is 24.6 Å². The first kappa shape index (κ1) is 14.8. The standard InChI is InChI=1S/C15H20BrN3O2/c1-2-17-14-10-6-11(16)13(7-12(10)18-15(14)21)19-5-3-4-9(19)8-20/h6-7,9,14,17,20H,2-5,8H2,1H3,(H,18,21). The number of halogens is 1. The summed E-state index contributed by atoms with van der Waals surface area (Å²) in [5, 5.41) is 15.6. The predicted molar refractivity (Wildman–Crippen MR) is 86.6 cm³/mol. The second-order valence-electron chi connectivity index (χ2n) is 5.54. The van der Waals surface area contributed by atoms with Crippen LogP contribution >= 0.6 is 15.9 Å². The number of nitrogens with one attached hydrogen (secondary N) is 2. The lowest BCUT2D eigenvalue weighted by atomic mass is 10.1. The molecule has 1 amide bonds. The van der Waals surface area contributed by atoms with Gasteiger partial charge in [-0.1, -0.05) is 6.92 Å². The van der Waals surface area contributed by atoms with E-state index >= 15 is 0 Å². The third kappa shape index (κ3) is 2.56. The summed E-state index contributed by atoms with van der Waals surface area (Å²) in [6.45, 7) is 3.84. The van der Waals surface area contributed by atoms with Gasteiger partial charge in [0.05, 0.1) is 18.3 Å². The Labute approximate surface area is 132 Å². The molecule has 0 radical (unpaired) electrons. The third-order valence-electron chi connectivity index (χ3n) is 4.26. The van der Waals surface area contributed by atoms with Crippen LogP contribution in [-0.4, -0.2) is 36.8 Å². The Morgan fingerprint density at radius 3 is 3.05 bits per heavy atom. The van der Waals surface area contributed by atoms with Gasteiger partial charge in [0.25, 0.3) is 0 Å². The largest absolute Gasteiger partial charge is 0.394 e. The van der Waals surface area contributed by atoms with E-state index in [9.17, 15) is 9.90 Å². The number of fused-ring (bicyclic) bond motifs is 1. The monoisotopic (exact) mass is 353 g/mol. The van der Waals surface area contributed by atoms with Crippen molar-refractivity contribution in [1.82, 2.24) is 5.32 Å². The first-order chi connectivity index (χ1) is 10.2. The normalized spacial score (nSPS) is 24.3. The average Bonchev–Trinajstić information content (AvgIpc) is 3.04. The van der Waals surface area contributed by atoms with E-state index < -0.39 is 0 Å². The van der Waals surface area contributed by atoms with Gasteiger partial charge in [0.2, 0.25) is 5.91 Å². The van der Waals surface area contributed by atoms with E-state index in [1.165, 1.54) is 0 Å². The number of benzene rings is 1. The van der Waals surface area contributed by atoms with Crippen molar-refractivity contribution in [3.63, 3.8) is 0 Å². The number of amides is 1. The molecule has 1 aromatic carbocycles. The van der Waals surface area contributed by atoms with Gasteiger partial charge in [-0.05, 0) is 47.4 Å². The van der Waals surface area contributed by atoms with Gasteiger partial charge >= 0.3 is 0 Å². The van der Waals surface area contributed by atoms with Gasteiger partial charge in [0.15, 0.2) is 0 Å². The first-order valence-electron chi connectivity index (χ1n) is 7.41. The molecule has 0 saturated carbocycles. The Morgan fingerprint density at radius 1 is 1.52 bits per heavy atom. The summed E-state index contributed by atoms with van der Waals surface area (Å²) in [6.07, 6.45) is 2.09. The Morgan fingerprint density at radius 2 is 2.33 bits per heavy atom. The summed E-state index contributed by atoms with van der Waals surface area (Å²) in [5.41, 5.74) is 2.90. The van der Waals surface area contributed by atoms with Crippen LogP contribution in [0.3, 0.4) is 0 Å². The van der Waals surface area contributed by atoms with Crippen LogP contribution in [-0.2, 0) is 4.79 Å². The molecule has 2 aliphatic heterocycles. The highest BCUT2D eigenvalue weighted by Crippen LogP contribution is 2.40. The van der Waals surface area contributed by atoms with Crippen molar-refractivity contribution in [3.8, 4) is 0 Å². The highest BCUT2D eigenvalue weighted by Gasteiger charge is 2.33. The van der Waals surface area contributed by atoms with Crippen LogP contribution in [0, 0.1) is 0 Å². The molecule has 21 heavy (non-hydrogen) atoms. The van der Waals surface area contributed by atoms with Gasteiger partial charge in [0.1, 0.15) is 6.04 Å². The number of nitrogens with zero attached hydrogens (tertiary/aromatic N) is 1. The highest BCUT2D eigenvalue weighted by molar-refractivity contribution is 9.10. The molecular weight excluding hydrogens is 334 g/mol. The van der Waals surface area contributed by atoms with Crippen LogP contribution in [0.25, 0.3) is 0 Å². The van der Waals surface area contributed by atoms with Crippen LogP contribution in [0.4, 0.5) is 11.4 Å². The number of rotatable bonds is 4. The minimum absolute atomic E-state index is 0.00368. The zero-order chi connectivity index (χ0) is 15.0. The number of anilines is 2. The second kappa shape index (κ2) is 5.94. The SMILES string of the molecule is CCNC1C(=O)Nc2cc(N3CCCC3CO)c(Br)cc21. The van der Waals surface area contributed by atoms with Gasteiger partial charge < -0.3 is 20.6 Å². The van der Waals surface area contributed by atoms with E-state index in [0.29, 0.717) is 0 Å². The molecule has 3 N–H and O–H groups in total.